The van der Waals surface area contributed by atoms with Crippen LogP contribution >= 0.6 is 22.6 Å². The Kier molecular flexibility index (Phi) is 2.67. The van der Waals surface area contributed by atoms with Gasteiger partial charge in [0, 0.05) is 12.2 Å². The number of rotatable bonds is 1. The van der Waals surface area contributed by atoms with Crippen LogP contribution in [-0.2, 0) is 6.54 Å². The highest BCUT2D eigenvalue weighted by Crippen LogP contribution is 2.15. The van der Waals surface area contributed by atoms with E-state index in [1.807, 2.05) is 13.0 Å². The minimum atomic E-state index is 0.523. The second-order valence-corrected chi connectivity index (χ2v) is 3.47. The summed E-state index contributed by atoms with van der Waals surface area (Å²) in [5, 5.41) is 0. The number of aryl methyl sites for hydroxylation is 1. The van der Waals surface area contributed by atoms with Crippen LogP contribution in [0.5, 0.6) is 0 Å². The molecule has 0 saturated heterocycles. The molecule has 1 rings (SSSR count). The Labute approximate surface area is 79.3 Å². The molecule has 1 heterocycles. The van der Waals surface area contributed by atoms with E-state index in [2.05, 4.69) is 27.6 Å². The van der Waals surface area contributed by atoms with Crippen LogP contribution in [0.2, 0.25) is 0 Å². The maximum Gasteiger partial charge on any atom is 0.137 e. The molecule has 4 N–H and O–H groups in total. The Morgan fingerprint density at radius 2 is 2.27 bits per heavy atom. The largest absolute Gasteiger partial charge is 0.383 e. The second-order valence-electron chi connectivity index (χ2n) is 2.30. The van der Waals surface area contributed by atoms with Gasteiger partial charge < -0.3 is 11.5 Å². The lowest BCUT2D eigenvalue weighted by Crippen LogP contribution is -2.04. The first-order chi connectivity index (χ1) is 5.15. The predicted molar refractivity (Wildman–Crippen MR) is 54.0 cm³/mol. The molecular formula is C7H10IN3. The molecule has 3 nitrogen and oxygen atoms in total. The van der Waals surface area contributed by atoms with Crippen LogP contribution in [0.25, 0.3) is 0 Å². The summed E-state index contributed by atoms with van der Waals surface area (Å²) in [6.07, 6.45) is 0. The van der Waals surface area contributed by atoms with Gasteiger partial charge in [0.05, 0.1) is 3.57 Å². The van der Waals surface area contributed by atoms with Gasteiger partial charge in [-0.1, -0.05) is 0 Å². The van der Waals surface area contributed by atoms with Crippen LogP contribution in [0.4, 0.5) is 5.82 Å². The van der Waals surface area contributed by atoms with Crippen LogP contribution in [0, 0.1) is 10.5 Å². The van der Waals surface area contributed by atoms with Gasteiger partial charge in [-0.15, -0.1) is 0 Å². The number of hydrogen-bond donors (Lipinski definition) is 2. The fourth-order valence-electron chi connectivity index (χ4n) is 0.844. The zero-order valence-corrected chi connectivity index (χ0v) is 8.42. The number of nitrogen functional groups attached to an aromatic ring is 1. The highest BCUT2D eigenvalue weighted by atomic mass is 127. The number of pyridine rings is 1. The van der Waals surface area contributed by atoms with E-state index < -0.39 is 0 Å². The second kappa shape index (κ2) is 3.36. The van der Waals surface area contributed by atoms with E-state index in [-0.39, 0.29) is 0 Å². The van der Waals surface area contributed by atoms with Gasteiger partial charge in [-0.2, -0.15) is 0 Å². The minimum absolute atomic E-state index is 0.523. The molecule has 60 valence electrons. The average Bonchev–Trinajstić information content (AvgIpc) is 1.97. The summed E-state index contributed by atoms with van der Waals surface area (Å²) in [4.78, 5) is 4.13. The topological polar surface area (TPSA) is 64.9 Å². The van der Waals surface area contributed by atoms with Crippen molar-refractivity contribution in [1.29, 1.82) is 0 Å². The summed E-state index contributed by atoms with van der Waals surface area (Å²) in [6, 6.07) is 1.97. The molecule has 0 radical (unpaired) electrons. The van der Waals surface area contributed by atoms with Crippen molar-refractivity contribution in [3.63, 3.8) is 0 Å². The van der Waals surface area contributed by atoms with E-state index in [1.54, 1.807) is 0 Å². The lowest BCUT2D eigenvalue weighted by molar-refractivity contribution is 1.01. The highest BCUT2D eigenvalue weighted by molar-refractivity contribution is 14.1. The molecule has 1 aromatic rings. The first kappa shape index (κ1) is 8.73. The Bertz CT molecular complexity index is 273. The summed E-state index contributed by atoms with van der Waals surface area (Å²) < 4.78 is 0.966. The third kappa shape index (κ3) is 1.81. The highest BCUT2D eigenvalue weighted by Gasteiger charge is 2.01. The van der Waals surface area contributed by atoms with Crippen LogP contribution in [-0.4, -0.2) is 4.98 Å². The first-order valence-electron chi connectivity index (χ1n) is 3.26. The average molecular weight is 263 g/mol. The van der Waals surface area contributed by atoms with Crippen LogP contribution in [0.1, 0.15) is 11.3 Å². The van der Waals surface area contributed by atoms with Crippen molar-refractivity contribution in [2.45, 2.75) is 13.5 Å². The molecule has 4 heteroatoms. The van der Waals surface area contributed by atoms with Crippen LogP contribution in [0.15, 0.2) is 6.07 Å². The van der Waals surface area contributed by atoms with Crippen LogP contribution in [0.3, 0.4) is 0 Å². The summed E-state index contributed by atoms with van der Waals surface area (Å²) in [5.74, 6) is 0.584. The molecule has 0 aliphatic heterocycles. The van der Waals surface area contributed by atoms with Gasteiger partial charge in [-0.25, -0.2) is 4.98 Å². The fraction of sp³-hybridized carbons (Fsp3) is 0.286. The third-order valence-electron chi connectivity index (χ3n) is 1.52. The summed E-state index contributed by atoms with van der Waals surface area (Å²) in [7, 11) is 0. The Morgan fingerprint density at radius 3 is 2.82 bits per heavy atom. The molecule has 0 fully saturated rings. The van der Waals surface area contributed by atoms with Gasteiger partial charge in [-0.05, 0) is 41.1 Å². The molecule has 0 amide bonds. The number of nitrogens with zero attached hydrogens (tertiary/aromatic N) is 1. The summed E-state index contributed by atoms with van der Waals surface area (Å²) >= 11 is 2.15. The molecule has 0 aliphatic rings. The quantitative estimate of drug-likeness (QED) is 0.744. The predicted octanol–water partition coefficient (Wildman–Crippen LogP) is 1.04. The van der Waals surface area contributed by atoms with Gasteiger partial charge in [0.25, 0.3) is 0 Å². The van der Waals surface area contributed by atoms with E-state index in [0.29, 0.717) is 12.4 Å². The minimum Gasteiger partial charge on any atom is -0.383 e. The van der Waals surface area contributed by atoms with Crippen molar-refractivity contribution >= 4 is 28.4 Å². The number of anilines is 1. The number of hydrogen-bond acceptors (Lipinski definition) is 3. The molecule has 0 aliphatic carbocycles. The van der Waals surface area contributed by atoms with Crippen molar-refractivity contribution in [2.75, 3.05) is 5.73 Å². The van der Waals surface area contributed by atoms with E-state index in [0.717, 1.165) is 14.8 Å². The molecule has 0 saturated carbocycles. The SMILES string of the molecule is Cc1nc(N)c(I)cc1CN. The zero-order valence-electron chi connectivity index (χ0n) is 6.26. The first-order valence-corrected chi connectivity index (χ1v) is 4.34. The maximum absolute atomic E-state index is 5.58. The van der Waals surface area contributed by atoms with Crippen LogP contribution < -0.4 is 11.5 Å². The third-order valence-corrected chi connectivity index (χ3v) is 2.38. The standard InChI is InChI=1S/C7H10IN3/c1-4-5(3-9)2-6(8)7(10)11-4/h2H,3,9H2,1H3,(H2,10,11). The molecule has 1 aromatic heterocycles. The molecular weight excluding hydrogens is 253 g/mol. The molecule has 0 unspecified atom stereocenters. The molecule has 0 atom stereocenters. The van der Waals surface area contributed by atoms with Crippen molar-refractivity contribution in [2.24, 2.45) is 5.73 Å². The van der Waals surface area contributed by atoms with Gasteiger partial charge in [0.1, 0.15) is 5.82 Å². The molecule has 11 heavy (non-hydrogen) atoms. The van der Waals surface area contributed by atoms with Crippen molar-refractivity contribution < 1.29 is 0 Å². The normalized spacial score (nSPS) is 10.1. The lowest BCUT2D eigenvalue weighted by atomic mass is 10.2. The van der Waals surface area contributed by atoms with Crippen molar-refractivity contribution in [1.82, 2.24) is 4.98 Å². The summed E-state index contributed by atoms with van der Waals surface area (Å²) in [5.41, 5.74) is 13.1. The van der Waals surface area contributed by atoms with E-state index >= 15 is 0 Å². The van der Waals surface area contributed by atoms with Crippen molar-refractivity contribution in [3.05, 3.63) is 20.9 Å². The zero-order chi connectivity index (χ0) is 8.43. The van der Waals surface area contributed by atoms with E-state index in [9.17, 15) is 0 Å². The maximum atomic E-state index is 5.58. The van der Waals surface area contributed by atoms with Gasteiger partial charge in [0.2, 0.25) is 0 Å². The molecule has 0 spiro atoms. The monoisotopic (exact) mass is 263 g/mol. The smallest absolute Gasteiger partial charge is 0.137 e. The van der Waals surface area contributed by atoms with Gasteiger partial charge in [-0.3, -0.25) is 0 Å². The Hall–Kier alpha value is -0.360. The lowest BCUT2D eigenvalue weighted by Gasteiger charge is -2.04. The summed E-state index contributed by atoms with van der Waals surface area (Å²) in [6.45, 7) is 2.43. The van der Waals surface area contributed by atoms with E-state index in [1.165, 1.54) is 0 Å². The Morgan fingerprint density at radius 1 is 1.64 bits per heavy atom. The molecule has 0 bridgehead atoms. The van der Waals surface area contributed by atoms with Crippen molar-refractivity contribution in [3.8, 4) is 0 Å². The number of aromatic nitrogens is 1. The van der Waals surface area contributed by atoms with Gasteiger partial charge in [0.15, 0.2) is 0 Å². The molecule has 0 aromatic carbocycles. The number of nitrogens with two attached hydrogens (primary N) is 2. The van der Waals surface area contributed by atoms with Gasteiger partial charge >= 0.3 is 0 Å². The number of halogens is 1. The van der Waals surface area contributed by atoms with E-state index in [4.69, 9.17) is 11.5 Å². The fourth-order valence-corrected chi connectivity index (χ4v) is 1.34. The Balaban J connectivity index is 3.21.